The molecule has 126 valence electrons. The summed E-state index contributed by atoms with van der Waals surface area (Å²) in [6.07, 6.45) is 1.38. The SMILES string of the molecule is O=C(COc1ccc(Cl)cc1Br)NN=Cc1cc(I)cc(I)c1O. The number of nitrogens with one attached hydrogen (secondary N) is 1. The first-order chi connectivity index (χ1) is 11.4. The number of ether oxygens (including phenoxy) is 1. The van der Waals surface area contributed by atoms with Crippen LogP contribution in [0.2, 0.25) is 5.02 Å². The Kier molecular flexibility index (Phi) is 7.57. The van der Waals surface area contributed by atoms with Gasteiger partial charge in [-0.15, -0.1) is 0 Å². The summed E-state index contributed by atoms with van der Waals surface area (Å²) in [5.41, 5.74) is 2.87. The quantitative estimate of drug-likeness (QED) is 0.288. The van der Waals surface area contributed by atoms with Gasteiger partial charge in [-0.2, -0.15) is 5.10 Å². The number of benzene rings is 2. The summed E-state index contributed by atoms with van der Waals surface area (Å²) in [7, 11) is 0. The van der Waals surface area contributed by atoms with E-state index in [1.54, 1.807) is 24.3 Å². The third kappa shape index (κ3) is 5.74. The summed E-state index contributed by atoms with van der Waals surface area (Å²) in [5, 5.41) is 14.3. The average Bonchev–Trinajstić information content (AvgIpc) is 2.51. The van der Waals surface area contributed by atoms with Crippen molar-refractivity contribution in [1.82, 2.24) is 5.43 Å². The molecule has 2 aromatic rings. The van der Waals surface area contributed by atoms with Gasteiger partial charge in [0.05, 0.1) is 14.3 Å². The van der Waals surface area contributed by atoms with Crippen molar-refractivity contribution in [3.63, 3.8) is 0 Å². The number of nitrogens with zero attached hydrogens (tertiary/aromatic N) is 1. The Morgan fingerprint density at radius 1 is 1.38 bits per heavy atom. The molecular weight excluding hydrogens is 625 g/mol. The van der Waals surface area contributed by atoms with E-state index in [2.05, 4.69) is 49.0 Å². The summed E-state index contributed by atoms with van der Waals surface area (Å²) >= 11 is 13.3. The second kappa shape index (κ2) is 9.20. The summed E-state index contributed by atoms with van der Waals surface area (Å²) < 4.78 is 7.70. The Bertz CT molecular complexity index is 803. The molecule has 0 aliphatic heterocycles. The minimum absolute atomic E-state index is 0.121. The van der Waals surface area contributed by atoms with E-state index in [1.165, 1.54) is 6.21 Å². The molecule has 0 aliphatic carbocycles. The van der Waals surface area contributed by atoms with Gasteiger partial charge in [0.25, 0.3) is 5.91 Å². The van der Waals surface area contributed by atoms with E-state index >= 15 is 0 Å². The van der Waals surface area contributed by atoms with Gasteiger partial charge in [-0.1, -0.05) is 11.6 Å². The highest BCUT2D eigenvalue weighted by Crippen LogP contribution is 2.28. The van der Waals surface area contributed by atoms with Gasteiger partial charge in [-0.3, -0.25) is 4.79 Å². The van der Waals surface area contributed by atoms with Gasteiger partial charge in [0.15, 0.2) is 6.61 Å². The monoisotopic (exact) mass is 634 g/mol. The molecule has 9 heteroatoms. The van der Waals surface area contributed by atoms with Crippen LogP contribution in [0.1, 0.15) is 5.56 Å². The number of hydrazone groups is 1. The van der Waals surface area contributed by atoms with Gasteiger partial charge in [-0.05, 0) is 91.4 Å². The fourth-order valence-corrected chi connectivity index (χ4v) is 4.31. The van der Waals surface area contributed by atoms with Crippen LogP contribution in [-0.4, -0.2) is 23.8 Å². The lowest BCUT2D eigenvalue weighted by molar-refractivity contribution is -0.123. The largest absolute Gasteiger partial charge is 0.506 e. The van der Waals surface area contributed by atoms with Gasteiger partial charge in [0, 0.05) is 14.2 Å². The lowest BCUT2D eigenvalue weighted by atomic mass is 10.2. The number of amides is 1. The Hall–Kier alpha value is -0.590. The molecular formula is C15H10BrClI2N2O3. The highest BCUT2D eigenvalue weighted by molar-refractivity contribution is 14.1. The Labute approximate surface area is 179 Å². The maximum Gasteiger partial charge on any atom is 0.277 e. The van der Waals surface area contributed by atoms with E-state index in [4.69, 9.17) is 16.3 Å². The first-order valence-corrected chi connectivity index (χ1v) is 9.77. The standard InChI is InChI=1S/C15H10BrClI2N2O3/c16-11-4-9(17)1-2-13(11)24-7-14(22)21-20-6-8-3-10(18)5-12(19)15(8)23/h1-6,23H,7H2,(H,21,22). The smallest absolute Gasteiger partial charge is 0.277 e. The normalized spacial score (nSPS) is 10.8. The number of phenols is 1. The molecule has 0 spiro atoms. The van der Waals surface area contributed by atoms with Gasteiger partial charge < -0.3 is 9.84 Å². The van der Waals surface area contributed by atoms with E-state index in [-0.39, 0.29) is 12.4 Å². The molecule has 0 saturated heterocycles. The number of rotatable bonds is 5. The van der Waals surface area contributed by atoms with Crippen LogP contribution >= 0.6 is 72.7 Å². The first kappa shape index (κ1) is 19.7. The number of carbonyl (C=O) groups is 1. The van der Waals surface area contributed by atoms with Gasteiger partial charge in [0.1, 0.15) is 11.5 Å². The van der Waals surface area contributed by atoms with Gasteiger partial charge in [-0.25, -0.2) is 5.43 Å². The molecule has 24 heavy (non-hydrogen) atoms. The van der Waals surface area contributed by atoms with E-state index in [1.807, 2.05) is 28.7 Å². The fraction of sp³-hybridized carbons (Fsp3) is 0.0667. The van der Waals surface area contributed by atoms with Crippen molar-refractivity contribution in [3.8, 4) is 11.5 Å². The van der Waals surface area contributed by atoms with Crippen molar-refractivity contribution in [1.29, 1.82) is 0 Å². The van der Waals surface area contributed by atoms with Crippen molar-refractivity contribution in [2.24, 2.45) is 5.10 Å². The Morgan fingerprint density at radius 2 is 2.12 bits per heavy atom. The molecule has 0 aromatic heterocycles. The molecule has 2 rings (SSSR count). The number of halogens is 4. The first-order valence-electron chi connectivity index (χ1n) is 6.44. The Morgan fingerprint density at radius 3 is 2.83 bits per heavy atom. The third-order valence-corrected chi connectivity index (χ3v) is 5.00. The van der Waals surface area contributed by atoms with Gasteiger partial charge in [0.2, 0.25) is 0 Å². The summed E-state index contributed by atoms with van der Waals surface area (Å²) in [4.78, 5) is 11.7. The third-order valence-electron chi connectivity index (χ3n) is 2.70. The topological polar surface area (TPSA) is 70.9 Å². The highest BCUT2D eigenvalue weighted by atomic mass is 127. The van der Waals surface area contributed by atoms with Gasteiger partial charge >= 0.3 is 0 Å². The fourth-order valence-electron chi connectivity index (χ4n) is 1.63. The van der Waals surface area contributed by atoms with Crippen LogP contribution < -0.4 is 10.2 Å². The van der Waals surface area contributed by atoms with Crippen molar-refractivity contribution >= 4 is 84.8 Å². The lowest BCUT2D eigenvalue weighted by Gasteiger charge is -2.07. The van der Waals surface area contributed by atoms with E-state index in [0.29, 0.717) is 24.4 Å². The van der Waals surface area contributed by atoms with Crippen molar-refractivity contribution in [3.05, 3.63) is 52.5 Å². The maximum absolute atomic E-state index is 11.7. The number of hydrogen-bond acceptors (Lipinski definition) is 4. The second-order valence-electron chi connectivity index (χ2n) is 4.48. The molecule has 2 N–H and O–H groups in total. The van der Waals surface area contributed by atoms with E-state index in [0.717, 1.165) is 3.57 Å². The van der Waals surface area contributed by atoms with Crippen LogP contribution in [0.25, 0.3) is 0 Å². The van der Waals surface area contributed by atoms with Crippen LogP contribution in [-0.2, 0) is 4.79 Å². The zero-order valence-electron chi connectivity index (χ0n) is 11.9. The van der Waals surface area contributed by atoms with Crippen LogP contribution in [0.5, 0.6) is 11.5 Å². The molecule has 0 bridgehead atoms. The molecule has 5 nitrogen and oxygen atoms in total. The molecule has 2 aromatic carbocycles. The Balaban J connectivity index is 1.91. The minimum atomic E-state index is -0.423. The van der Waals surface area contributed by atoms with Crippen LogP contribution in [0.15, 0.2) is 39.9 Å². The number of carbonyl (C=O) groups excluding carboxylic acids is 1. The summed E-state index contributed by atoms with van der Waals surface area (Å²) in [6, 6.07) is 8.60. The van der Waals surface area contributed by atoms with Crippen LogP contribution in [0.4, 0.5) is 0 Å². The minimum Gasteiger partial charge on any atom is -0.506 e. The molecule has 0 fully saturated rings. The summed E-state index contributed by atoms with van der Waals surface area (Å²) in [6.45, 7) is -0.201. The zero-order valence-corrected chi connectivity index (χ0v) is 18.6. The molecule has 1 amide bonds. The van der Waals surface area contributed by atoms with Crippen LogP contribution in [0, 0.1) is 7.14 Å². The van der Waals surface area contributed by atoms with Crippen LogP contribution in [0.3, 0.4) is 0 Å². The predicted octanol–water partition coefficient (Wildman–Crippen LogP) is 4.55. The number of aromatic hydroxyl groups is 1. The molecule has 0 atom stereocenters. The molecule has 0 unspecified atom stereocenters. The number of phenolic OH excluding ortho intramolecular Hbond substituents is 1. The van der Waals surface area contributed by atoms with E-state index < -0.39 is 5.91 Å². The second-order valence-corrected chi connectivity index (χ2v) is 8.18. The molecule has 0 aliphatic rings. The maximum atomic E-state index is 11.7. The highest BCUT2D eigenvalue weighted by Gasteiger charge is 2.07. The zero-order chi connectivity index (χ0) is 17.7. The lowest BCUT2D eigenvalue weighted by Crippen LogP contribution is -2.24. The van der Waals surface area contributed by atoms with Crippen molar-refractivity contribution in [2.75, 3.05) is 6.61 Å². The average molecular weight is 635 g/mol. The van der Waals surface area contributed by atoms with E-state index in [9.17, 15) is 9.90 Å². The molecule has 0 heterocycles. The predicted molar refractivity (Wildman–Crippen MR) is 114 cm³/mol. The number of hydrogen-bond donors (Lipinski definition) is 2. The summed E-state index contributed by atoms with van der Waals surface area (Å²) in [5.74, 6) is 0.201. The molecule has 0 saturated carbocycles. The molecule has 0 radical (unpaired) electrons. The van der Waals surface area contributed by atoms with Crippen molar-refractivity contribution in [2.45, 2.75) is 0 Å². The van der Waals surface area contributed by atoms with Crippen molar-refractivity contribution < 1.29 is 14.6 Å².